The van der Waals surface area contributed by atoms with Gasteiger partial charge in [-0.3, -0.25) is 10.1 Å². The number of hydrogen-bond donors (Lipinski definition) is 1. The third-order valence-corrected chi connectivity index (χ3v) is 4.66. The van der Waals surface area contributed by atoms with Gasteiger partial charge in [0.05, 0.1) is 9.82 Å². The van der Waals surface area contributed by atoms with E-state index in [2.05, 4.69) is 15.3 Å². The molecule has 0 aliphatic rings. The first-order valence-electron chi connectivity index (χ1n) is 6.03. The fourth-order valence-corrected chi connectivity index (χ4v) is 3.65. The van der Waals surface area contributed by atoms with Gasteiger partial charge in [-0.05, 0) is 17.5 Å². The van der Waals surface area contributed by atoms with Crippen molar-refractivity contribution < 1.29 is 4.92 Å². The van der Waals surface area contributed by atoms with E-state index in [1.54, 1.807) is 25.2 Å². The predicted molar refractivity (Wildman–Crippen MR) is 84.2 cm³/mol. The van der Waals surface area contributed by atoms with Gasteiger partial charge in [-0.1, -0.05) is 23.9 Å². The van der Waals surface area contributed by atoms with E-state index in [0.29, 0.717) is 15.9 Å². The van der Waals surface area contributed by atoms with Crippen molar-refractivity contribution in [3.63, 3.8) is 0 Å². The smallest absolute Gasteiger partial charge is 0.283 e. The molecule has 3 aromatic rings. The first-order valence-corrected chi connectivity index (χ1v) is 7.73. The fourth-order valence-electron chi connectivity index (χ4n) is 1.82. The Morgan fingerprint density at radius 1 is 1.29 bits per heavy atom. The number of nitrogens with zero attached hydrogens (tertiary/aromatic N) is 3. The molecule has 0 radical (unpaired) electrons. The summed E-state index contributed by atoms with van der Waals surface area (Å²) in [5, 5.41) is 17.6. The van der Waals surface area contributed by atoms with Crippen LogP contribution in [0.3, 0.4) is 0 Å². The Morgan fingerprint density at radius 3 is 2.86 bits per heavy atom. The highest BCUT2D eigenvalue weighted by molar-refractivity contribution is 7.99. The molecule has 0 spiro atoms. The summed E-state index contributed by atoms with van der Waals surface area (Å²) in [4.78, 5) is 20.9. The molecule has 0 saturated heterocycles. The lowest BCUT2D eigenvalue weighted by molar-refractivity contribution is -0.387. The van der Waals surface area contributed by atoms with Crippen LogP contribution in [0.1, 0.15) is 0 Å². The van der Waals surface area contributed by atoms with E-state index < -0.39 is 0 Å². The zero-order valence-corrected chi connectivity index (χ0v) is 12.6. The van der Waals surface area contributed by atoms with Crippen LogP contribution in [-0.4, -0.2) is 21.9 Å². The van der Waals surface area contributed by atoms with E-state index >= 15 is 0 Å². The highest BCUT2D eigenvalue weighted by Gasteiger charge is 2.17. The van der Waals surface area contributed by atoms with Crippen LogP contribution in [0.4, 0.5) is 11.6 Å². The SMILES string of the molecule is CNc1nc(Sc2ccccc2[N+](=O)[O-])c2ccsc2n1. The molecule has 0 aliphatic carbocycles. The summed E-state index contributed by atoms with van der Waals surface area (Å²) >= 11 is 2.79. The molecule has 0 unspecified atom stereocenters. The Morgan fingerprint density at radius 2 is 2.10 bits per heavy atom. The number of rotatable bonds is 4. The third kappa shape index (κ3) is 2.67. The van der Waals surface area contributed by atoms with Crippen molar-refractivity contribution in [3.05, 3.63) is 45.8 Å². The second kappa shape index (κ2) is 5.66. The molecule has 0 bridgehead atoms. The van der Waals surface area contributed by atoms with Gasteiger partial charge in [0, 0.05) is 18.5 Å². The van der Waals surface area contributed by atoms with Gasteiger partial charge in [0.15, 0.2) is 0 Å². The van der Waals surface area contributed by atoms with Gasteiger partial charge >= 0.3 is 0 Å². The largest absolute Gasteiger partial charge is 0.357 e. The van der Waals surface area contributed by atoms with E-state index in [9.17, 15) is 10.1 Å². The highest BCUT2D eigenvalue weighted by atomic mass is 32.2. The van der Waals surface area contributed by atoms with Crippen LogP contribution in [0.2, 0.25) is 0 Å². The number of aromatic nitrogens is 2. The first kappa shape index (κ1) is 13.8. The summed E-state index contributed by atoms with van der Waals surface area (Å²) in [6.45, 7) is 0. The topological polar surface area (TPSA) is 81.0 Å². The van der Waals surface area contributed by atoms with Gasteiger partial charge in [-0.2, -0.15) is 0 Å². The average molecular weight is 318 g/mol. The second-order valence-corrected chi connectivity index (χ2v) is 5.99. The lowest BCUT2D eigenvalue weighted by atomic mass is 10.3. The first-order chi connectivity index (χ1) is 10.2. The molecule has 1 aromatic carbocycles. The molecule has 8 heteroatoms. The Kier molecular flexibility index (Phi) is 3.72. The average Bonchev–Trinajstić information content (AvgIpc) is 2.96. The van der Waals surface area contributed by atoms with Crippen LogP contribution < -0.4 is 5.32 Å². The summed E-state index contributed by atoms with van der Waals surface area (Å²) < 4.78 is 0. The van der Waals surface area contributed by atoms with Crippen molar-refractivity contribution in [3.8, 4) is 0 Å². The monoisotopic (exact) mass is 318 g/mol. The van der Waals surface area contributed by atoms with Gasteiger partial charge in [0.2, 0.25) is 5.95 Å². The number of hydrogen-bond acceptors (Lipinski definition) is 7. The Balaban J connectivity index is 2.10. The number of fused-ring (bicyclic) bond motifs is 1. The molecule has 0 amide bonds. The number of nitro groups is 1. The van der Waals surface area contributed by atoms with Crippen molar-refractivity contribution >= 4 is 45.0 Å². The molecular weight excluding hydrogens is 308 g/mol. The van der Waals surface area contributed by atoms with Crippen molar-refractivity contribution in [1.82, 2.24) is 9.97 Å². The molecular formula is C13H10N4O2S2. The normalized spacial score (nSPS) is 10.7. The van der Waals surface area contributed by atoms with Crippen molar-refractivity contribution in [2.75, 3.05) is 12.4 Å². The van der Waals surface area contributed by atoms with Gasteiger partial charge in [0.1, 0.15) is 9.86 Å². The van der Waals surface area contributed by atoms with Gasteiger partial charge in [-0.25, -0.2) is 9.97 Å². The predicted octanol–water partition coefficient (Wildman–Crippen LogP) is 3.79. The summed E-state index contributed by atoms with van der Waals surface area (Å²) in [5.74, 6) is 0.506. The maximum absolute atomic E-state index is 11.1. The molecule has 6 nitrogen and oxygen atoms in total. The number of para-hydroxylation sites is 1. The minimum atomic E-state index is -0.382. The second-order valence-electron chi connectivity index (χ2n) is 4.07. The van der Waals surface area contributed by atoms with E-state index in [4.69, 9.17) is 0 Å². The fraction of sp³-hybridized carbons (Fsp3) is 0.0769. The van der Waals surface area contributed by atoms with Crippen molar-refractivity contribution in [1.29, 1.82) is 0 Å². The van der Waals surface area contributed by atoms with Crippen molar-refractivity contribution in [2.45, 2.75) is 9.92 Å². The van der Waals surface area contributed by atoms with Crippen LogP contribution in [0.5, 0.6) is 0 Å². The lowest BCUT2D eigenvalue weighted by Crippen LogP contribution is -1.97. The zero-order chi connectivity index (χ0) is 14.8. The van der Waals surface area contributed by atoms with Crippen LogP contribution in [0.15, 0.2) is 45.6 Å². The summed E-state index contributed by atoms with van der Waals surface area (Å²) in [6, 6.07) is 8.58. The maximum Gasteiger partial charge on any atom is 0.283 e. The van der Waals surface area contributed by atoms with Gasteiger partial charge in [-0.15, -0.1) is 11.3 Å². The molecule has 21 heavy (non-hydrogen) atoms. The number of nitro benzene ring substituents is 1. The highest BCUT2D eigenvalue weighted by Crippen LogP contribution is 2.38. The number of anilines is 1. The van der Waals surface area contributed by atoms with E-state index in [1.165, 1.54) is 29.2 Å². The standard InChI is InChI=1S/C13H10N4O2S2/c1-14-13-15-11-8(6-7-20-11)12(16-13)21-10-5-3-2-4-9(10)17(18)19/h2-7H,1H3,(H,14,15,16). The van der Waals surface area contributed by atoms with Crippen LogP contribution in [0, 0.1) is 10.1 Å². The molecule has 0 aliphatic heterocycles. The molecule has 2 aromatic heterocycles. The third-order valence-electron chi connectivity index (χ3n) is 2.78. The Bertz CT molecular complexity index is 819. The van der Waals surface area contributed by atoms with Crippen LogP contribution in [-0.2, 0) is 0 Å². The summed E-state index contributed by atoms with van der Waals surface area (Å²) in [7, 11) is 1.74. The Labute approximate surface area is 128 Å². The molecule has 0 fully saturated rings. The zero-order valence-electron chi connectivity index (χ0n) is 10.9. The van der Waals surface area contributed by atoms with E-state index in [0.717, 1.165) is 10.2 Å². The summed E-state index contributed by atoms with van der Waals surface area (Å²) in [5.41, 5.74) is 0.0792. The molecule has 0 atom stereocenters. The molecule has 1 N–H and O–H groups in total. The Hall–Kier alpha value is -2.19. The van der Waals surface area contributed by atoms with E-state index in [1.807, 2.05) is 11.4 Å². The minimum absolute atomic E-state index is 0.0792. The maximum atomic E-state index is 11.1. The van der Waals surface area contributed by atoms with Crippen LogP contribution >= 0.6 is 23.1 Å². The number of thiophene rings is 1. The molecule has 106 valence electrons. The van der Waals surface area contributed by atoms with Crippen molar-refractivity contribution in [2.24, 2.45) is 0 Å². The minimum Gasteiger partial charge on any atom is -0.357 e. The van der Waals surface area contributed by atoms with Crippen LogP contribution in [0.25, 0.3) is 10.2 Å². The van der Waals surface area contributed by atoms with E-state index in [-0.39, 0.29) is 10.6 Å². The lowest BCUT2D eigenvalue weighted by Gasteiger charge is -2.05. The molecule has 3 rings (SSSR count). The van der Waals surface area contributed by atoms with Gasteiger partial charge in [0.25, 0.3) is 5.69 Å². The van der Waals surface area contributed by atoms with Gasteiger partial charge < -0.3 is 5.32 Å². The molecule has 2 heterocycles. The quantitative estimate of drug-likeness (QED) is 0.448. The number of benzene rings is 1. The number of nitrogens with one attached hydrogen (secondary N) is 1. The summed E-state index contributed by atoms with van der Waals surface area (Å²) in [6.07, 6.45) is 0. The molecule has 0 saturated carbocycles.